The first-order chi connectivity index (χ1) is 13.0. The molecule has 0 atom stereocenters. The van der Waals surface area contributed by atoms with Crippen LogP contribution in [0.4, 0.5) is 5.82 Å². The molecule has 5 heteroatoms. The summed E-state index contributed by atoms with van der Waals surface area (Å²) in [6.45, 7) is 1.85. The van der Waals surface area contributed by atoms with Gasteiger partial charge in [0, 0.05) is 22.4 Å². The molecule has 0 saturated heterocycles. The molecule has 2 aromatic carbocycles. The molecule has 0 radical (unpaired) electrons. The maximum absolute atomic E-state index is 10.6. The minimum absolute atomic E-state index is 0.204. The van der Waals surface area contributed by atoms with Crippen LogP contribution in [0.3, 0.4) is 0 Å². The molecule has 0 spiro atoms. The summed E-state index contributed by atoms with van der Waals surface area (Å²) in [5.41, 5.74) is 2.01. The molecule has 0 bridgehead atoms. The highest BCUT2D eigenvalue weighted by atomic mass is 16.3. The molecule has 3 aromatic rings. The molecule has 138 valence electrons. The molecule has 0 unspecified atom stereocenters. The molecule has 2 fully saturated rings. The second-order valence-electron chi connectivity index (χ2n) is 8.24. The summed E-state index contributed by atoms with van der Waals surface area (Å²) in [6, 6.07) is 14.1. The highest BCUT2D eigenvalue weighted by Crippen LogP contribution is 2.43. The summed E-state index contributed by atoms with van der Waals surface area (Å²) in [7, 11) is 0. The average molecular weight is 361 g/mol. The van der Waals surface area contributed by atoms with Gasteiger partial charge in [0.1, 0.15) is 11.4 Å². The number of nitrogens with one attached hydrogen (secondary N) is 1. The molecule has 0 amide bonds. The first kappa shape index (κ1) is 16.5. The normalized spacial score (nSPS) is 24.6. The third-order valence-corrected chi connectivity index (χ3v) is 5.73. The number of aliphatic hydroxyl groups is 1. The summed E-state index contributed by atoms with van der Waals surface area (Å²) in [6.07, 6.45) is 3.81. The van der Waals surface area contributed by atoms with E-state index in [0.29, 0.717) is 30.0 Å². The molecule has 5 rings (SSSR count). The Kier molecular flexibility index (Phi) is 3.62. The van der Waals surface area contributed by atoms with E-state index < -0.39 is 5.60 Å². The Balaban J connectivity index is 1.53. The molecule has 2 aliphatic carbocycles. The van der Waals surface area contributed by atoms with E-state index in [9.17, 15) is 10.2 Å². The fourth-order valence-corrected chi connectivity index (χ4v) is 4.13. The van der Waals surface area contributed by atoms with Gasteiger partial charge in [-0.1, -0.05) is 30.3 Å². The molecule has 0 aliphatic heterocycles. The van der Waals surface area contributed by atoms with Crippen LogP contribution in [0.5, 0.6) is 5.75 Å². The summed E-state index contributed by atoms with van der Waals surface area (Å²) < 4.78 is 0. The lowest BCUT2D eigenvalue weighted by atomic mass is 9.77. The zero-order valence-electron chi connectivity index (χ0n) is 15.3. The molecule has 3 N–H and O–H groups in total. The molecule has 1 aromatic heterocycles. The van der Waals surface area contributed by atoms with Crippen molar-refractivity contribution in [3.05, 3.63) is 48.0 Å². The second kappa shape index (κ2) is 5.92. The van der Waals surface area contributed by atoms with Crippen molar-refractivity contribution in [1.82, 2.24) is 10.2 Å². The molecular formula is C22H23N3O2. The molecule has 2 aliphatic rings. The van der Waals surface area contributed by atoms with E-state index >= 15 is 0 Å². The summed E-state index contributed by atoms with van der Waals surface area (Å²) in [5.74, 6) is 1.58. The molecule has 5 nitrogen and oxygen atoms in total. The van der Waals surface area contributed by atoms with E-state index in [-0.39, 0.29) is 11.8 Å². The van der Waals surface area contributed by atoms with Gasteiger partial charge in [0.15, 0.2) is 5.82 Å². The van der Waals surface area contributed by atoms with E-state index in [2.05, 4.69) is 21.6 Å². The van der Waals surface area contributed by atoms with Crippen molar-refractivity contribution >= 4 is 16.6 Å². The summed E-state index contributed by atoms with van der Waals surface area (Å²) in [5, 5.41) is 34.7. The highest BCUT2D eigenvalue weighted by molar-refractivity contribution is 6.00. The van der Waals surface area contributed by atoms with Crippen molar-refractivity contribution in [1.29, 1.82) is 0 Å². The smallest absolute Gasteiger partial charge is 0.156 e. The number of phenols is 1. The first-order valence-corrected chi connectivity index (χ1v) is 9.58. The Morgan fingerprint density at radius 1 is 1.04 bits per heavy atom. The van der Waals surface area contributed by atoms with Crippen molar-refractivity contribution in [2.45, 2.75) is 50.2 Å². The summed E-state index contributed by atoms with van der Waals surface area (Å²) >= 11 is 0. The first-order valence-electron chi connectivity index (χ1n) is 9.58. The Labute approximate surface area is 158 Å². The van der Waals surface area contributed by atoms with E-state index in [1.54, 1.807) is 0 Å². The van der Waals surface area contributed by atoms with Crippen LogP contribution in [0.15, 0.2) is 42.5 Å². The van der Waals surface area contributed by atoms with Crippen LogP contribution >= 0.6 is 0 Å². The number of rotatable bonds is 4. The van der Waals surface area contributed by atoms with Crippen molar-refractivity contribution in [2.75, 3.05) is 5.32 Å². The number of hydrogen-bond donors (Lipinski definition) is 3. The van der Waals surface area contributed by atoms with Crippen molar-refractivity contribution < 1.29 is 10.2 Å². The predicted molar refractivity (Wildman–Crippen MR) is 106 cm³/mol. The number of anilines is 1. The Morgan fingerprint density at radius 3 is 2.44 bits per heavy atom. The van der Waals surface area contributed by atoms with E-state index in [1.165, 1.54) is 18.4 Å². The highest BCUT2D eigenvalue weighted by Gasteiger charge is 2.38. The van der Waals surface area contributed by atoms with Gasteiger partial charge in [-0.3, -0.25) is 0 Å². The van der Waals surface area contributed by atoms with Crippen LogP contribution in [0.2, 0.25) is 0 Å². The van der Waals surface area contributed by atoms with Crippen LogP contribution in [0.1, 0.15) is 44.1 Å². The number of benzene rings is 2. The Morgan fingerprint density at radius 2 is 1.78 bits per heavy atom. The molecular weight excluding hydrogens is 338 g/mol. The van der Waals surface area contributed by atoms with Crippen LogP contribution in [0.25, 0.3) is 22.0 Å². The maximum atomic E-state index is 10.6. The van der Waals surface area contributed by atoms with E-state index in [1.807, 2.05) is 43.3 Å². The number of aromatic nitrogens is 2. The van der Waals surface area contributed by atoms with Gasteiger partial charge in [-0.05, 0) is 56.2 Å². The standard InChI is InChI=1S/C22H23N3O2/c1-22(27)11-15(12-22)23-21-17-5-3-2-4-16(17)20(24-25-21)18-9-8-14(10-19(18)26)13-6-7-13/h2-5,8-10,13,15,26-27H,6-7,11-12H2,1H3,(H,23,25). The van der Waals surface area contributed by atoms with Crippen molar-refractivity contribution in [3.8, 4) is 17.0 Å². The third kappa shape index (κ3) is 3.02. The van der Waals surface area contributed by atoms with Gasteiger partial charge in [0.05, 0.1) is 5.60 Å². The minimum atomic E-state index is -0.587. The maximum Gasteiger partial charge on any atom is 0.156 e. The number of nitrogens with zero attached hydrogens (tertiary/aromatic N) is 2. The predicted octanol–water partition coefficient (Wildman–Crippen LogP) is 4.21. The zero-order valence-corrected chi connectivity index (χ0v) is 15.3. The van der Waals surface area contributed by atoms with E-state index in [0.717, 1.165) is 16.6 Å². The van der Waals surface area contributed by atoms with Crippen LogP contribution in [-0.4, -0.2) is 32.1 Å². The number of fused-ring (bicyclic) bond motifs is 1. The Bertz CT molecular complexity index is 1020. The van der Waals surface area contributed by atoms with Crippen molar-refractivity contribution in [2.24, 2.45) is 0 Å². The molecule has 1 heterocycles. The largest absolute Gasteiger partial charge is 0.507 e. The lowest BCUT2D eigenvalue weighted by molar-refractivity contribution is -0.0235. The third-order valence-electron chi connectivity index (χ3n) is 5.73. The number of aromatic hydroxyl groups is 1. The fourth-order valence-electron chi connectivity index (χ4n) is 4.13. The quantitative estimate of drug-likeness (QED) is 0.649. The fraction of sp³-hybridized carbons (Fsp3) is 0.364. The lowest BCUT2D eigenvalue weighted by Gasteiger charge is -2.41. The van der Waals surface area contributed by atoms with Gasteiger partial charge in [-0.15, -0.1) is 10.2 Å². The van der Waals surface area contributed by atoms with Crippen LogP contribution in [0, 0.1) is 0 Å². The SMILES string of the molecule is CC1(O)CC(Nc2nnc(-c3ccc(C4CC4)cc3O)c3ccccc23)C1. The minimum Gasteiger partial charge on any atom is -0.507 e. The second-order valence-corrected chi connectivity index (χ2v) is 8.24. The molecule has 2 saturated carbocycles. The summed E-state index contributed by atoms with van der Waals surface area (Å²) in [4.78, 5) is 0. The van der Waals surface area contributed by atoms with Gasteiger partial charge < -0.3 is 15.5 Å². The van der Waals surface area contributed by atoms with Gasteiger partial charge in [0.25, 0.3) is 0 Å². The topological polar surface area (TPSA) is 78.3 Å². The lowest BCUT2D eigenvalue weighted by Crippen LogP contribution is -2.48. The molecule has 27 heavy (non-hydrogen) atoms. The van der Waals surface area contributed by atoms with Gasteiger partial charge >= 0.3 is 0 Å². The monoisotopic (exact) mass is 361 g/mol. The van der Waals surface area contributed by atoms with Gasteiger partial charge in [-0.2, -0.15) is 0 Å². The van der Waals surface area contributed by atoms with Crippen LogP contribution < -0.4 is 5.32 Å². The van der Waals surface area contributed by atoms with E-state index in [4.69, 9.17) is 0 Å². The van der Waals surface area contributed by atoms with Gasteiger partial charge in [0.2, 0.25) is 0 Å². The average Bonchev–Trinajstić information content (AvgIpc) is 3.46. The number of hydrogen-bond acceptors (Lipinski definition) is 5. The zero-order chi connectivity index (χ0) is 18.6. The van der Waals surface area contributed by atoms with Crippen LogP contribution in [-0.2, 0) is 0 Å². The Hall–Kier alpha value is -2.66. The van der Waals surface area contributed by atoms with Gasteiger partial charge in [-0.25, -0.2) is 0 Å². The number of phenolic OH excluding ortho intramolecular Hbond substituents is 1. The van der Waals surface area contributed by atoms with Crippen molar-refractivity contribution in [3.63, 3.8) is 0 Å².